The van der Waals surface area contributed by atoms with Crippen LogP contribution in [0.4, 0.5) is 4.39 Å². The summed E-state index contributed by atoms with van der Waals surface area (Å²) < 4.78 is 19.3. The molecule has 0 spiro atoms. The van der Waals surface area contributed by atoms with Crippen molar-refractivity contribution in [3.8, 4) is 0 Å². The molecule has 2 nitrogen and oxygen atoms in total. The van der Waals surface area contributed by atoms with Crippen LogP contribution in [-0.4, -0.2) is 25.8 Å². The van der Waals surface area contributed by atoms with Gasteiger partial charge in [0.15, 0.2) is 0 Å². The Bertz CT molecular complexity index is 445. The Kier molecular flexibility index (Phi) is 7.11. The number of rotatable bonds is 7. The van der Waals surface area contributed by atoms with Crippen molar-refractivity contribution in [3.63, 3.8) is 0 Å². The smallest absolute Gasteiger partial charge is 0.142 e. The highest BCUT2D eigenvalue weighted by Crippen LogP contribution is 2.28. The molecule has 120 valence electrons. The van der Waals surface area contributed by atoms with Gasteiger partial charge in [-0.2, -0.15) is 0 Å². The second-order valence-electron chi connectivity index (χ2n) is 6.50. The Labute approximate surface area is 133 Å². The number of methoxy groups -OCH3 is 1. The highest BCUT2D eigenvalue weighted by molar-refractivity contribution is 6.31. The Hall–Kier alpha value is -0.640. The molecule has 0 aliphatic rings. The van der Waals surface area contributed by atoms with Gasteiger partial charge >= 0.3 is 0 Å². The van der Waals surface area contributed by atoms with Gasteiger partial charge in [0.2, 0.25) is 0 Å². The van der Waals surface area contributed by atoms with E-state index in [9.17, 15) is 4.39 Å². The molecule has 21 heavy (non-hydrogen) atoms. The number of benzene rings is 1. The summed E-state index contributed by atoms with van der Waals surface area (Å²) in [6.45, 7) is 9.46. The molecule has 0 amide bonds. The molecule has 0 bridgehead atoms. The topological polar surface area (TPSA) is 21.3 Å². The lowest BCUT2D eigenvalue weighted by molar-refractivity contribution is -0.0109. The fourth-order valence-electron chi connectivity index (χ4n) is 2.68. The standard InChI is InChI=1S/C17H27ClFNO/c1-6-10-20-14(16(21-5)17(2,3)4)11-12-8-7-9-13(19)15(12)18/h7-9,14,16,20H,6,10-11H2,1-5H3. The number of halogens is 2. The van der Waals surface area contributed by atoms with Crippen LogP contribution in [0, 0.1) is 11.2 Å². The summed E-state index contributed by atoms with van der Waals surface area (Å²) >= 11 is 6.09. The average Bonchev–Trinajstić information content (AvgIpc) is 2.40. The normalized spacial score (nSPS) is 15.0. The van der Waals surface area contributed by atoms with Crippen molar-refractivity contribution in [2.45, 2.75) is 52.7 Å². The van der Waals surface area contributed by atoms with Gasteiger partial charge in [-0.05, 0) is 36.4 Å². The van der Waals surface area contributed by atoms with Crippen LogP contribution in [0.15, 0.2) is 18.2 Å². The minimum atomic E-state index is -0.367. The van der Waals surface area contributed by atoms with Crippen LogP contribution >= 0.6 is 11.6 Å². The Morgan fingerprint density at radius 3 is 2.52 bits per heavy atom. The predicted molar refractivity (Wildman–Crippen MR) is 87.4 cm³/mol. The zero-order valence-corrected chi connectivity index (χ0v) is 14.4. The first-order valence-electron chi connectivity index (χ1n) is 7.50. The predicted octanol–water partition coefficient (Wildman–Crippen LogP) is 4.45. The molecular formula is C17H27ClFNO. The van der Waals surface area contributed by atoms with Crippen molar-refractivity contribution in [2.75, 3.05) is 13.7 Å². The summed E-state index contributed by atoms with van der Waals surface area (Å²) in [5, 5.41) is 3.73. The maximum Gasteiger partial charge on any atom is 0.142 e. The molecule has 2 unspecified atom stereocenters. The third kappa shape index (κ3) is 5.24. The van der Waals surface area contributed by atoms with Crippen LogP contribution in [0.1, 0.15) is 39.7 Å². The van der Waals surface area contributed by atoms with E-state index in [1.807, 2.05) is 6.07 Å². The van der Waals surface area contributed by atoms with Crippen molar-refractivity contribution in [2.24, 2.45) is 5.41 Å². The van der Waals surface area contributed by atoms with Crippen LogP contribution < -0.4 is 5.32 Å². The highest BCUT2D eigenvalue weighted by Gasteiger charge is 2.32. The van der Waals surface area contributed by atoms with Crippen molar-refractivity contribution in [1.82, 2.24) is 5.32 Å². The third-order valence-corrected chi connectivity index (χ3v) is 4.02. The van der Waals surface area contributed by atoms with Crippen molar-refractivity contribution < 1.29 is 9.13 Å². The summed E-state index contributed by atoms with van der Waals surface area (Å²) in [5.74, 6) is -0.367. The van der Waals surface area contributed by atoms with Crippen molar-refractivity contribution >= 4 is 11.6 Å². The van der Waals surface area contributed by atoms with Crippen LogP contribution in [0.5, 0.6) is 0 Å². The molecule has 4 heteroatoms. The molecule has 0 fully saturated rings. The molecule has 2 atom stereocenters. The van der Waals surface area contributed by atoms with Crippen LogP contribution in [0.2, 0.25) is 5.02 Å². The molecular weight excluding hydrogens is 289 g/mol. The molecule has 0 aliphatic heterocycles. The molecule has 0 aliphatic carbocycles. The lowest BCUT2D eigenvalue weighted by Gasteiger charge is -2.37. The largest absolute Gasteiger partial charge is 0.379 e. The van der Waals surface area contributed by atoms with Crippen LogP contribution in [-0.2, 0) is 11.2 Å². The Morgan fingerprint density at radius 2 is 2.00 bits per heavy atom. The van der Waals surface area contributed by atoms with E-state index in [1.165, 1.54) is 6.07 Å². The fraction of sp³-hybridized carbons (Fsp3) is 0.647. The minimum absolute atomic E-state index is 0.0139. The van der Waals surface area contributed by atoms with Gasteiger partial charge in [-0.15, -0.1) is 0 Å². The van der Waals surface area contributed by atoms with Gasteiger partial charge in [-0.25, -0.2) is 4.39 Å². The van der Waals surface area contributed by atoms with E-state index >= 15 is 0 Å². The van der Waals surface area contributed by atoms with Gasteiger partial charge in [-0.3, -0.25) is 0 Å². The summed E-state index contributed by atoms with van der Waals surface area (Å²) in [7, 11) is 1.73. The van der Waals surface area contributed by atoms with Gasteiger partial charge < -0.3 is 10.1 Å². The zero-order chi connectivity index (χ0) is 16.0. The molecule has 1 N–H and O–H groups in total. The van der Waals surface area contributed by atoms with E-state index in [1.54, 1.807) is 13.2 Å². The molecule has 1 aromatic carbocycles. The van der Waals surface area contributed by atoms with Crippen LogP contribution in [0.25, 0.3) is 0 Å². The van der Waals surface area contributed by atoms with E-state index in [4.69, 9.17) is 16.3 Å². The molecule has 0 aromatic heterocycles. The molecule has 0 saturated heterocycles. The zero-order valence-electron chi connectivity index (χ0n) is 13.7. The van der Waals surface area contributed by atoms with E-state index in [-0.39, 0.29) is 28.4 Å². The number of hydrogen-bond donors (Lipinski definition) is 1. The second-order valence-corrected chi connectivity index (χ2v) is 6.88. The fourth-order valence-corrected chi connectivity index (χ4v) is 2.88. The average molecular weight is 316 g/mol. The quantitative estimate of drug-likeness (QED) is 0.802. The number of ether oxygens (including phenoxy) is 1. The van der Waals surface area contributed by atoms with Gasteiger partial charge in [0, 0.05) is 13.2 Å². The number of hydrogen-bond acceptors (Lipinski definition) is 2. The monoisotopic (exact) mass is 315 g/mol. The molecule has 1 rings (SSSR count). The highest BCUT2D eigenvalue weighted by atomic mass is 35.5. The van der Waals surface area contributed by atoms with Gasteiger partial charge in [0.1, 0.15) is 5.82 Å². The maximum absolute atomic E-state index is 13.6. The van der Waals surface area contributed by atoms with E-state index in [0.717, 1.165) is 18.5 Å². The number of nitrogens with one attached hydrogen (secondary N) is 1. The lowest BCUT2D eigenvalue weighted by Crippen LogP contribution is -2.49. The van der Waals surface area contributed by atoms with Crippen molar-refractivity contribution in [3.05, 3.63) is 34.6 Å². The van der Waals surface area contributed by atoms with Gasteiger partial charge in [0.25, 0.3) is 0 Å². The SMILES string of the molecule is CCCNC(Cc1cccc(F)c1Cl)C(OC)C(C)(C)C. The lowest BCUT2D eigenvalue weighted by atomic mass is 9.82. The molecule has 0 radical (unpaired) electrons. The van der Waals surface area contributed by atoms with E-state index in [2.05, 4.69) is 33.0 Å². The minimum Gasteiger partial charge on any atom is -0.379 e. The third-order valence-electron chi connectivity index (χ3n) is 3.60. The summed E-state index contributed by atoms with van der Waals surface area (Å²) in [6, 6.07) is 5.06. The molecule has 0 heterocycles. The Morgan fingerprint density at radius 1 is 1.33 bits per heavy atom. The van der Waals surface area contributed by atoms with Crippen molar-refractivity contribution in [1.29, 1.82) is 0 Å². The summed E-state index contributed by atoms with van der Waals surface area (Å²) in [4.78, 5) is 0. The second kappa shape index (κ2) is 8.11. The molecule has 0 saturated carbocycles. The first-order chi connectivity index (χ1) is 9.81. The van der Waals surface area contributed by atoms with Crippen LogP contribution in [0.3, 0.4) is 0 Å². The summed E-state index contributed by atoms with van der Waals surface area (Å²) in [6.07, 6.45) is 1.70. The summed E-state index contributed by atoms with van der Waals surface area (Å²) in [5.41, 5.74) is 0.802. The maximum atomic E-state index is 13.6. The van der Waals surface area contributed by atoms with E-state index < -0.39 is 0 Å². The van der Waals surface area contributed by atoms with E-state index in [0.29, 0.717) is 6.42 Å². The first-order valence-corrected chi connectivity index (χ1v) is 7.88. The van der Waals surface area contributed by atoms with Gasteiger partial charge in [-0.1, -0.05) is 51.4 Å². The molecule has 1 aromatic rings. The Balaban J connectivity index is 2.99. The first kappa shape index (κ1) is 18.4. The van der Waals surface area contributed by atoms with Gasteiger partial charge in [0.05, 0.1) is 11.1 Å².